The third-order valence-electron chi connectivity index (χ3n) is 4.98. The standard InChI is InChI=1S/C22H22F3N5O2/c1-12(15-7-4-8-16(19(15)23)20(24)25)28-21-17-10-14(6-5-9-26-22(31)32)27-11-18(17)30(3)13(2)29-21/h4-8,10-12,20,26H,9H2,1-3H3,(H,31,32)/b6-5+,28-21-. The van der Waals surface area contributed by atoms with E-state index in [0.29, 0.717) is 22.4 Å². The summed E-state index contributed by atoms with van der Waals surface area (Å²) in [5.41, 5.74) is 0.990. The molecule has 0 saturated heterocycles. The SMILES string of the molecule is Cc1n/c(=N\C(C)c2cccc(C(F)F)c2F)c2cc(/C=C/CNC(=O)O)ncc2n1C. The Hall–Kier alpha value is -3.69. The van der Waals surface area contributed by atoms with Crippen LogP contribution in [0.1, 0.15) is 42.0 Å². The molecule has 0 radical (unpaired) electrons. The number of nitrogens with one attached hydrogen (secondary N) is 1. The summed E-state index contributed by atoms with van der Waals surface area (Å²) in [6.45, 7) is 3.51. The van der Waals surface area contributed by atoms with Crippen LogP contribution in [0.25, 0.3) is 17.0 Å². The van der Waals surface area contributed by atoms with Gasteiger partial charge in [0.05, 0.1) is 29.0 Å². The second-order valence-corrected chi connectivity index (χ2v) is 7.11. The normalized spacial score (nSPS) is 13.3. The second-order valence-electron chi connectivity index (χ2n) is 7.11. The highest BCUT2D eigenvalue weighted by molar-refractivity contribution is 5.79. The van der Waals surface area contributed by atoms with Gasteiger partial charge in [-0.1, -0.05) is 24.3 Å². The quantitative estimate of drug-likeness (QED) is 0.592. The van der Waals surface area contributed by atoms with E-state index >= 15 is 0 Å². The van der Waals surface area contributed by atoms with Crippen molar-refractivity contribution in [3.8, 4) is 0 Å². The number of carboxylic acid groups (broad SMARTS) is 1. The topological polar surface area (TPSA) is 92.4 Å². The summed E-state index contributed by atoms with van der Waals surface area (Å²) in [7, 11) is 1.82. The Morgan fingerprint density at radius 1 is 1.34 bits per heavy atom. The minimum Gasteiger partial charge on any atom is -0.465 e. The average Bonchev–Trinajstić information content (AvgIpc) is 2.74. The fraction of sp³-hybridized carbons (Fsp3) is 0.273. The lowest BCUT2D eigenvalue weighted by molar-refractivity contribution is 0.146. The van der Waals surface area contributed by atoms with Gasteiger partial charge >= 0.3 is 6.09 Å². The van der Waals surface area contributed by atoms with E-state index in [0.717, 1.165) is 11.6 Å². The van der Waals surface area contributed by atoms with Crippen molar-refractivity contribution >= 4 is 23.1 Å². The molecule has 10 heteroatoms. The lowest BCUT2D eigenvalue weighted by Crippen LogP contribution is -2.20. The fourth-order valence-electron chi connectivity index (χ4n) is 3.20. The van der Waals surface area contributed by atoms with Gasteiger partial charge in [-0.2, -0.15) is 0 Å². The van der Waals surface area contributed by atoms with Crippen LogP contribution in [-0.2, 0) is 7.05 Å². The van der Waals surface area contributed by atoms with Gasteiger partial charge in [0.15, 0.2) is 5.49 Å². The van der Waals surface area contributed by atoms with Gasteiger partial charge in [-0.3, -0.25) is 9.98 Å². The third kappa shape index (κ3) is 4.96. The van der Waals surface area contributed by atoms with Gasteiger partial charge in [0.1, 0.15) is 11.6 Å². The van der Waals surface area contributed by atoms with Crippen LogP contribution in [0, 0.1) is 12.7 Å². The molecule has 7 nitrogen and oxygen atoms in total. The molecule has 168 valence electrons. The van der Waals surface area contributed by atoms with Crippen LogP contribution in [0.4, 0.5) is 18.0 Å². The number of hydrogen-bond acceptors (Lipinski definition) is 4. The predicted molar refractivity (Wildman–Crippen MR) is 114 cm³/mol. The second kappa shape index (κ2) is 9.63. The molecule has 3 aromatic rings. The molecule has 3 rings (SSSR count). The molecule has 1 aromatic carbocycles. The number of alkyl halides is 2. The van der Waals surface area contributed by atoms with Crippen LogP contribution in [-0.4, -0.2) is 32.3 Å². The van der Waals surface area contributed by atoms with E-state index in [9.17, 15) is 18.0 Å². The summed E-state index contributed by atoms with van der Waals surface area (Å²) in [5.74, 6) is -0.335. The molecule has 1 unspecified atom stereocenters. The van der Waals surface area contributed by atoms with E-state index in [-0.39, 0.29) is 12.1 Å². The highest BCUT2D eigenvalue weighted by Crippen LogP contribution is 2.28. The Morgan fingerprint density at radius 3 is 2.75 bits per heavy atom. The van der Waals surface area contributed by atoms with Crippen LogP contribution >= 0.6 is 0 Å². The first kappa shape index (κ1) is 23.0. The number of aryl methyl sites for hydroxylation is 2. The summed E-state index contributed by atoms with van der Waals surface area (Å²) in [6.07, 6.45) is 0.833. The van der Waals surface area contributed by atoms with E-state index < -0.39 is 29.9 Å². The van der Waals surface area contributed by atoms with Crippen LogP contribution in [0.15, 0.2) is 41.5 Å². The van der Waals surface area contributed by atoms with Crippen LogP contribution in [0.2, 0.25) is 0 Å². The monoisotopic (exact) mass is 445 g/mol. The van der Waals surface area contributed by atoms with Crippen LogP contribution in [0.5, 0.6) is 0 Å². The van der Waals surface area contributed by atoms with Gasteiger partial charge in [0, 0.05) is 24.5 Å². The van der Waals surface area contributed by atoms with Crippen molar-refractivity contribution in [1.82, 2.24) is 19.9 Å². The molecule has 1 atom stereocenters. The number of hydrogen-bond donors (Lipinski definition) is 2. The van der Waals surface area contributed by atoms with Gasteiger partial charge in [0.25, 0.3) is 6.43 Å². The number of pyridine rings is 1. The molecule has 2 N–H and O–H groups in total. The molecular formula is C22H22F3N5O2. The maximum atomic E-state index is 14.6. The zero-order chi connectivity index (χ0) is 23.4. The molecule has 0 fully saturated rings. The van der Waals surface area contributed by atoms with Gasteiger partial charge in [0.2, 0.25) is 0 Å². The number of rotatable bonds is 6. The van der Waals surface area contributed by atoms with Crippen LogP contribution < -0.4 is 10.8 Å². The smallest absolute Gasteiger partial charge is 0.404 e. The molecule has 1 amide bonds. The predicted octanol–water partition coefficient (Wildman–Crippen LogP) is 4.30. The molecule has 0 bridgehead atoms. The summed E-state index contributed by atoms with van der Waals surface area (Å²) in [6, 6.07) is 4.84. The number of nitrogens with zero attached hydrogens (tertiary/aromatic N) is 4. The minimum atomic E-state index is -2.92. The van der Waals surface area contributed by atoms with Gasteiger partial charge < -0.3 is 15.0 Å². The van der Waals surface area contributed by atoms with Crippen molar-refractivity contribution in [2.75, 3.05) is 6.54 Å². The van der Waals surface area contributed by atoms with Crippen LogP contribution in [0.3, 0.4) is 0 Å². The van der Waals surface area contributed by atoms with Gasteiger partial charge in [-0.15, -0.1) is 0 Å². The largest absolute Gasteiger partial charge is 0.465 e. The fourth-order valence-corrected chi connectivity index (χ4v) is 3.20. The average molecular weight is 445 g/mol. The van der Waals surface area contributed by atoms with Crippen molar-refractivity contribution in [2.45, 2.75) is 26.3 Å². The van der Waals surface area contributed by atoms with E-state index in [4.69, 9.17) is 5.11 Å². The number of amides is 1. The molecule has 0 saturated carbocycles. The molecule has 32 heavy (non-hydrogen) atoms. The van der Waals surface area contributed by atoms with Crippen molar-refractivity contribution in [3.63, 3.8) is 0 Å². The summed E-state index contributed by atoms with van der Waals surface area (Å²) >= 11 is 0. The number of halogens is 3. The highest BCUT2D eigenvalue weighted by Gasteiger charge is 2.19. The molecule has 0 aliphatic carbocycles. The van der Waals surface area contributed by atoms with Crippen molar-refractivity contribution in [1.29, 1.82) is 0 Å². The number of fused-ring (bicyclic) bond motifs is 1. The Morgan fingerprint density at radius 2 is 2.06 bits per heavy atom. The Kier molecular flexibility index (Phi) is 6.92. The summed E-state index contributed by atoms with van der Waals surface area (Å²) < 4.78 is 42.6. The number of benzene rings is 1. The molecule has 0 aliphatic heterocycles. The van der Waals surface area contributed by atoms with Gasteiger partial charge in [-0.25, -0.2) is 22.9 Å². The zero-order valence-corrected chi connectivity index (χ0v) is 17.7. The zero-order valence-electron chi connectivity index (χ0n) is 17.7. The maximum absolute atomic E-state index is 14.6. The Labute approximate surface area is 182 Å². The van der Waals surface area contributed by atoms with Crippen molar-refractivity contribution in [3.05, 3.63) is 70.5 Å². The summed E-state index contributed by atoms with van der Waals surface area (Å²) in [4.78, 5) is 23.9. The lowest BCUT2D eigenvalue weighted by Gasteiger charge is -2.13. The first-order chi connectivity index (χ1) is 15.2. The number of aromatic nitrogens is 3. The third-order valence-corrected chi connectivity index (χ3v) is 4.98. The lowest BCUT2D eigenvalue weighted by atomic mass is 10.0. The molecular weight excluding hydrogens is 423 g/mol. The van der Waals surface area contributed by atoms with E-state index in [2.05, 4.69) is 20.3 Å². The molecule has 2 heterocycles. The molecule has 2 aromatic heterocycles. The first-order valence-corrected chi connectivity index (χ1v) is 9.76. The minimum absolute atomic E-state index is 0.0533. The number of carbonyl (C=O) groups is 1. The molecule has 0 aliphatic rings. The Bertz CT molecular complexity index is 1250. The maximum Gasteiger partial charge on any atom is 0.404 e. The van der Waals surface area contributed by atoms with E-state index in [1.807, 2.05) is 11.6 Å². The Balaban J connectivity index is 2.09. The van der Waals surface area contributed by atoms with E-state index in [1.54, 1.807) is 38.3 Å². The summed E-state index contributed by atoms with van der Waals surface area (Å²) in [5, 5.41) is 11.5. The first-order valence-electron chi connectivity index (χ1n) is 9.76. The van der Waals surface area contributed by atoms with Crippen molar-refractivity contribution in [2.24, 2.45) is 12.0 Å². The van der Waals surface area contributed by atoms with E-state index in [1.165, 1.54) is 12.1 Å². The molecule has 0 spiro atoms. The van der Waals surface area contributed by atoms with Crippen molar-refractivity contribution < 1.29 is 23.1 Å². The highest BCUT2D eigenvalue weighted by atomic mass is 19.3. The van der Waals surface area contributed by atoms with Gasteiger partial charge in [-0.05, 0) is 26.0 Å².